The summed E-state index contributed by atoms with van der Waals surface area (Å²) >= 11 is 0. The maximum absolute atomic E-state index is 10.4. The Kier molecular flexibility index (Phi) is 2.91. The molecule has 15 heavy (non-hydrogen) atoms. The SMILES string of the molecule is CC1=CC[C@@]2(C)CC[C@H](CO)C[C@@H]1[C@H]2O. The van der Waals surface area contributed by atoms with E-state index in [-0.39, 0.29) is 24.0 Å². The minimum absolute atomic E-state index is 0.0497. The van der Waals surface area contributed by atoms with Crippen LogP contribution in [0.4, 0.5) is 0 Å². The van der Waals surface area contributed by atoms with Crippen LogP contribution in [0, 0.1) is 17.3 Å². The zero-order chi connectivity index (χ0) is 11.1. The van der Waals surface area contributed by atoms with Gasteiger partial charge in [-0.15, -0.1) is 0 Å². The first-order chi connectivity index (χ1) is 7.07. The molecular formula is C13H22O2. The van der Waals surface area contributed by atoms with Crippen molar-refractivity contribution < 1.29 is 10.2 Å². The summed E-state index contributed by atoms with van der Waals surface area (Å²) in [5, 5.41) is 19.7. The Morgan fingerprint density at radius 2 is 2.27 bits per heavy atom. The third-order valence-electron chi connectivity index (χ3n) is 4.54. The molecule has 2 N–H and O–H groups in total. The smallest absolute Gasteiger partial charge is 0.0661 e. The highest BCUT2D eigenvalue weighted by molar-refractivity contribution is 5.16. The average molecular weight is 210 g/mol. The molecule has 2 aliphatic carbocycles. The quantitative estimate of drug-likeness (QED) is 0.651. The van der Waals surface area contributed by atoms with Crippen LogP contribution in [0.25, 0.3) is 0 Å². The number of allylic oxidation sites excluding steroid dienone is 1. The zero-order valence-corrected chi connectivity index (χ0v) is 9.74. The molecule has 2 bridgehead atoms. The zero-order valence-electron chi connectivity index (χ0n) is 9.74. The Balaban J connectivity index is 2.27. The van der Waals surface area contributed by atoms with Crippen molar-refractivity contribution in [3.05, 3.63) is 11.6 Å². The van der Waals surface area contributed by atoms with Gasteiger partial charge in [0.25, 0.3) is 0 Å². The number of fused-ring (bicyclic) bond motifs is 2. The van der Waals surface area contributed by atoms with Gasteiger partial charge in [0.1, 0.15) is 0 Å². The summed E-state index contributed by atoms with van der Waals surface area (Å²) in [5.74, 6) is 0.663. The maximum atomic E-state index is 10.4. The van der Waals surface area contributed by atoms with Gasteiger partial charge in [0.05, 0.1) is 6.10 Å². The summed E-state index contributed by atoms with van der Waals surface area (Å²) < 4.78 is 0. The molecule has 0 unspecified atom stereocenters. The molecule has 2 aliphatic rings. The van der Waals surface area contributed by atoms with Crippen LogP contribution in [0.15, 0.2) is 11.6 Å². The van der Waals surface area contributed by atoms with Gasteiger partial charge in [0, 0.05) is 12.5 Å². The van der Waals surface area contributed by atoms with E-state index in [1.165, 1.54) is 5.57 Å². The van der Waals surface area contributed by atoms with Gasteiger partial charge in [-0.05, 0) is 43.9 Å². The lowest BCUT2D eigenvalue weighted by molar-refractivity contribution is -0.00298. The number of hydrogen-bond donors (Lipinski definition) is 2. The number of hydrogen-bond acceptors (Lipinski definition) is 2. The lowest BCUT2D eigenvalue weighted by Crippen LogP contribution is -2.40. The molecule has 0 aromatic carbocycles. The highest BCUT2D eigenvalue weighted by Gasteiger charge is 2.43. The molecule has 86 valence electrons. The van der Waals surface area contributed by atoms with Crippen LogP contribution in [-0.4, -0.2) is 22.9 Å². The van der Waals surface area contributed by atoms with Gasteiger partial charge in [-0.3, -0.25) is 0 Å². The average Bonchev–Trinajstić information content (AvgIpc) is 2.30. The van der Waals surface area contributed by atoms with E-state index >= 15 is 0 Å². The Hall–Kier alpha value is -0.340. The van der Waals surface area contributed by atoms with Crippen LogP contribution in [0.1, 0.15) is 39.5 Å². The van der Waals surface area contributed by atoms with Crippen LogP contribution in [0.2, 0.25) is 0 Å². The van der Waals surface area contributed by atoms with E-state index in [4.69, 9.17) is 0 Å². The predicted octanol–water partition coefficient (Wildman–Crippen LogP) is 2.11. The van der Waals surface area contributed by atoms with Crippen molar-refractivity contribution in [1.29, 1.82) is 0 Å². The lowest BCUT2D eigenvalue weighted by atomic mass is 9.68. The van der Waals surface area contributed by atoms with E-state index < -0.39 is 0 Å². The summed E-state index contributed by atoms with van der Waals surface area (Å²) in [7, 11) is 0. The second-order valence-electron chi connectivity index (χ2n) is 5.68. The van der Waals surface area contributed by atoms with Gasteiger partial charge < -0.3 is 10.2 Å². The van der Waals surface area contributed by atoms with E-state index in [1.807, 2.05) is 0 Å². The summed E-state index contributed by atoms with van der Waals surface area (Å²) in [4.78, 5) is 0. The molecule has 1 fully saturated rings. The van der Waals surface area contributed by atoms with Crippen LogP contribution in [0.3, 0.4) is 0 Å². The van der Waals surface area contributed by atoms with Crippen molar-refractivity contribution in [2.24, 2.45) is 17.3 Å². The molecule has 2 heteroatoms. The molecular weight excluding hydrogens is 188 g/mol. The molecule has 0 spiro atoms. The summed E-state index contributed by atoms with van der Waals surface area (Å²) in [6.07, 6.45) is 6.13. The first-order valence-corrected chi connectivity index (χ1v) is 6.02. The molecule has 0 aliphatic heterocycles. The van der Waals surface area contributed by atoms with E-state index in [0.29, 0.717) is 5.92 Å². The van der Waals surface area contributed by atoms with Crippen LogP contribution in [0.5, 0.6) is 0 Å². The summed E-state index contributed by atoms with van der Waals surface area (Å²) in [5.41, 5.74) is 1.37. The molecule has 0 amide bonds. The fourth-order valence-electron chi connectivity index (χ4n) is 3.14. The second kappa shape index (κ2) is 3.91. The van der Waals surface area contributed by atoms with Crippen molar-refractivity contribution in [3.63, 3.8) is 0 Å². The highest BCUT2D eigenvalue weighted by atomic mass is 16.3. The minimum atomic E-state index is -0.209. The second-order valence-corrected chi connectivity index (χ2v) is 5.68. The van der Waals surface area contributed by atoms with E-state index in [9.17, 15) is 10.2 Å². The van der Waals surface area contributed by atoms with E-state index in [0.717, 1.165) is 25.7 Å². The highest BCUT2D eigenvalue weighted by Crippen LogP contribution is 2.48. The van der Waals surface area contributed by atoms with Crippen molar-refractivity contribution in [1.82, 2.24) is 0 Å². The molecule has 0 radical (unpaired) electrons. The fraction of sp³-hybridized carbons (Fsp3) is 0.846. The largest absolute Gasteiger partial charge is 0.396 e. The standard InChI is InChI=1S/C13H22O2/c1-9-3-5-13(2)6-4-10(8-14)7-11(9)12(13)15/h3,10-12,14-15H,4-8H2,1-2H3/t10-,11-,12+,13-/m0/s1. The molecule has 2 rings (SSSR count). The Morgan fingerprint density at radius 3 is 2.93 bits per heavy atom. The lowest BCUT2D eigenvalue weighted by Gasteiger charge is -2.40. The molecule has 4 atom stereocenters. The molecule has 1 saturated carbocycles. The molecule has 0 aromatic heterocycles. The first-order valence-electron chi connectivity index (χ1n) is 6.02. The van der Waals surface area contributed by atoms with Crippen LogP contribution < -0.4 is 0 Å². The summed E-state index contributed by atoms with van der Waals surface area (Å²) in [6.45, 7) is 4.58. The first kappa shape index (κ1) is 11.2. The molecule has 0 aromatic rings. The predicted molar refractivity (Wildman–Crippen MR) is 60.4 cm³/mol. The van der Waals surface area contributed by atoms with Gasteiger partial charge in [-0.1, -0.05) is 18.6 Å². The van der Waals surface area contributed by atoms with Crippen molar-refractivity contribution >= 4 is 0 Å². The molecule has 0 saturated heterocycles. The molecule has 2 nitrogen and oxygen atoms in total. The van der Waals surface area contributed by atoms with Crippen molar-refractivity contribution in [2.75, 3.05) is 6.61 Å². The number of aliphatic hydroxyl groups is 2. The van der Waals surface area contributed by atoms with Gasteiger partial charge in [0.2, 0.25) is 0 Å². The number of rotatable bonds is 1. The van der Waals surface area contributed by atoms with Crippen LogP contribution >= 0.6 is 0 Å². The van der Waals surface area contributed by atoms with Crippen molar-refractivity contribution in [2.45, 2.75) is 45.6 Å². The van der Waals surface area contributed by atoms with E-state index in [2.05, 4.69) is 19.9 Å². The van der Waals surface area contributed by atoms with Gasteiger partial charge in [-0.25, -0.2) is 0 Å². The monoisotopic (exact) mass is 210 g/mol. The molecule has 0 heterocycles. The topological polar surface area (TPSA) is 40.5 Å². The van der Waals surface area contributed by atoms with Gasteiger partial charge >= 0.3 is 0 Å². The van der Waals surface area contributed by atoms with Crippen LogP contribution in [-0.2, 0) is 0 Å². The Bertz CT molecular complexity index is 272. The van der Waals surface area contributed by atoms with Gasteiger partial charge in [0.15, 0.2) is 0 Å². The third-order valence-corrected chi connectivity index (χ3v) is 4.54. The minimum Gasteiger partial charge on any atom is -0.396 e. The van der Waals surface area contributed by atoms with E-state index in [1.54, 1.807) is 0 Å². The maximum Gasteiger partial charge on any atom is 0.0661 e. The normalized spacial score (nSPS) is 45.9. The fourth-order valence-corrected chi connectivity index (χ4v) is 3.14. The van der Waals surface area contributed by atoms with Crippen molar-refractivity contribution in [3.8, 4) is 0 Å². The summed E-state index contributed by atoms with van der Waals surface area (Å²) in [6, 6.07) is 0. The Morgan fingerprint density at radius 1 is 1.53 bits per heavy atom. The van der Waals surface area contributed by atoms with Gasteiger partial charge in [-0.2, -0.15) is 0 Å². The Labute approximate surface area is 92.0 Å². The third kappa shape index (κ3) is 1.85. The number of aliphatic hydroxyl groups excluding tert-OH is 2.